The van der Waals surface area contributed by atoms with Gasteiger partial charge in [0, 0.05) is 18.6 Å². The molecule has 0 radical (unpaired) electrons. The van der Waals surface area contributed by atoms with Crippen molar-refractivity contribution in [3.05, 3.63) is 48.2 Å². The van der Waals surface area contributed by atoms with Gasteiger partial charge in [0.15, 0.2) is 5.82 Å². The SMILES string of the molecule is Cc1cnc(NCc2ncn(C)n2)c2ccccc12. The van der Waals surface area contributed by atoms with Crippen LogP contribution in [0.25, 0.3) is 10.8 Å². The lowest BCUT2D eigenvalue weighted by molar-refractivity contribution is 0.747. The topological polar surface area (TPSA) is 55.6 Å². The largest absolute Gasteiger partial charge is 0.362 e. The number of aryl methyl sites for hydroxylation is 2. The predicted octanol–water partition coefficient (Wildman–Crippen LogP) is 2.28. The van der Waals surface area contributed by atoms with E-state index in [1.54, 1.807) is 11.0 Å². The summed E-state index contributed by atoms with van der Waals surface area (Å²) in [6.45, 7) is 2.64. The highest BCUT2D eigenvalue weighted by Gasteiger charge is 2.05. The van der Waals surface area contributed by atoms with Gasteiger partial charge >= 0.3 is 0 Å². The number of nitrogens with zero attached hydrogens (tertiary/aromatic N) is 4. The number of rotatable bonds is 3. The minimum Gasteiger partial charge on any atom is -0.362 e. The van der Waals surface area contributed by atoms with Crippen LogP contribution in [-0.2, 0) is 13.6 Å². The molecular formula is C14H15N5. The van der Waals surface area contributed by atoms with Crippen molar-refractivity contribution in [3.8, 4) is 0 Å². The molecule has 0 saturated heterocycles. The summed E-state index contributed by atoms with van der Waals surface area (Å²) in [6, 6.07) is 8.24. The Morgan fingerprint density at radius 1 is 1.16 bits per heavy atom. The smallest absolute Gasteiger partial charge is 0.169 e. The number of hydrogen-bond acceptors (Lipinski definition) is 4. The maximum atomic E-state index is 4.45. The minimum atomic E-state index is 0.570. The lowest BCUT2D eigenvalue weighted by atomic mass is 10.1. The van der Waals surface area contributed by atoms with Gasteiger partial charge in [-0.2, -0.15) is 5.10 Å². The Hall–Kier alpha value is -2.43. The van der Waals surface area contributed by atoms with Gasteiger partial charge in [-0.05, 0) is 17.9 Å². The van der Waals surface area contributed by atoms with Gasteiger partial charge in [0.05, 0.1) is 6.54 Å². The quantitative estimate of drug-likeness (QED) is 0.778. The molecule has 0 aliphatic carbocycles. The number of benzene rings is 1. The summed E-state index contributed by atoms with van der Waals surface area (Å²) in [7, 11) is 1.86. The van der Waals surface area contributed by atoms with Crippen molar-refractivity contribution in [1.82, 2.24) is 19.7 Å². The summed E-state index contributed by atoms with van der Waals surface area (Å²) >= 11 is 0. The van der Waals surface area contributed by atoms with Crippen LogP contribution in [0.3, 0.4) is 0 Å². The normalized spacial score (nSPS) is 10.8. The van der Waals surface area contributed by atoms with Gasteiger partial charge in [-0.15, -0.1) is 0 Å². The third-order valence-corrected chi connectivity index (χ3v) is 3.06. The molecule has 3 rings (SSSR count). The van der Waals surface area contributed by atoms with Crippen LogP contribution in [0.15, 0.2) is 36.8 Å². The molecule has 0 fully saturated rings. The van der Waals surface area contributed by atoms with Crippen LogP contribution in [0.4, 0.5) is 5.82 Å². The number of nitrogens with one attached hydrogen (secondary N) is 1. The highest BCUT2D eigenvalue weighted by Crippen LogP contribution is 2.23. The molecule has 0 atom stereocenters. The van der Waals surface area contributed by atoms with E-state index in [2.05, 4.69) is 39.4 Å². The van der Waals surface area contributed by atoms with E-state index in [-0.39, 0.29) is 0 Å². The van der Waals surface area contributed by atoms with Crippen molar-refractivity contribution < 1.29 is 0 Å². The molecule has 5 nitrogen and oxygen atoms in total. The van der Waals surface area contributed by atoms with Crippen molar-refractivity contribution >= 4 is 16.6 Å². The first-order valence-electron chi connectivity index (χ1n) is 6.17. The van der Waals surface area contributed by atoms with E-state index in [4.69, 9.17) is 0 Å². The van der Waals surface area contributed by atoms with Gasteiger partial charge in [-0.1, -0.05) is 24.3 Å². The second kappa shape index (κ2) is 4.68. The molecule has 19 heavy (non-hydrogen) atoms. The molecule has 1 N–H and O–H groups in total. The zero-order chi connectivity index (χ0) is 13.2. The molecule has 1 aromatic carbocycles. The highest BCUT2D eigenvalue weighted by molar-refractivity contribution is 5.93. The van der Waals surface area contributed by atoms with Crippen molar-refractivity contribution in [2.45, 2.75) is 13.5 Å². The summed E-state index contributed by atoms with van der Waals surface area (Å²) in [5, 5.41) is 9.87. The summed E-state index contributed by atoms with van der Waals surface area (Å²) < 4.78 is 1.69. The first kappa shape index (κ1) is 11.6. The molecule has 0 saturated carbocycles. The van der Waals surface area contributed by atoms with Crippen LogP contribution in [-0.4, -0.2) is 19.7 Å². The van der Waals surface area contributed by atoms with Crippen molar-refractivity contribution in [1.29, 1.82) is 0 Å². The van der Waals surface area contributed by atoms with Gasteiger partial charge in [0.25, 0.3) is 0 Å². The number of anilines is 1. The average Bonchev–Trinajstić information content (AvgIpc) is 2.84. The number of fused-ring (bicyclic) bond motifs is 1. The van der Waals surface area contributed by atoms with Gasteiger partial charge in [0.1, 0.15) is 12.1 Å². The summed E-state index contributed by atoms with van der Waals surface area (Å²) in [6.07, 6.45) is 3.58. The molecule has 0 spiro atoms. The molecule has 3 aromatic rings. The summed E-state index contributed by atoms with van der Waals surface area (Å²) in [5.41, 5.74) is 1.18. The van der Waals surface area contributed by atoms with Crippen LogP contribution in [0, 0.1) is 6.92 Å². The lowest BCUT2D eigenvalue weighted by Gasteiger charge is -2.08. The van der Waals surface area contributed by atoms with Gasteiger partial charge < -0.3 is 5.32 Å². The van der Waals surface area contributed by atoms with Crippen LogP contribution in [0.2, 0.25) is 0 Å². The minimum absolute atomic E-state index is 0.570. The Labute approximate surface area is 111 Å². The van der Waals surface area contributed by atoms with Gasteiger partial charge in [-0.3, -0.25) is 4.68 Å². The van der Waals surface area contributed by atoms with E-state index >= 15 is 0 Å². The number of hydrogen-bond donors (Lipinski definition) is 1. The highest BCUT2D eigenvalue weighted by atomic mass is 15.3. The first-order chi connectivity index (χ1) is 9.24. The fourth-order valence-corrected chi connectivity index (χ4v) is 2.10. The second-order valence-electron chi connectivity index (χ2n) is 4.52. The Kier molecular flexibility index (Phi) is 2.87. The lowest BCUT2D eigenvalue weighted by Crippen LogP contribution is -2.04. The van der Waals surface area contributed by atoms with Crippen molar-refractivity contribution in [2.75, 3.05) is 5.32 Å². The van der Waals surface area contributed by atoms with E-state index in [0.717, 1.165) is 17.0 Å². The predicted molar refractivity (Wildman–Crippen MR) is 74.8 cm³/mol. The Balaban J connectivity index is 1.91. The molecule has 2 heterocycles. The van der Waals surface area contributed by atoms with E-state index in [9.17, 15) is 0 Å². The molecule has 96 valence electrons. The van der Waals surface area contributed by atoms with Crippen LogP contribution in [0.1, 0.15) is 11.4 Å². The summed E-state index contributed by atoms with van der Waals surface area (Å²) in [4.78, 5) is 8.64. The second-order valence-corrected chi connectivity index (χ2v) is 4.52. The maximum absolute atomic E-state index is 4.45. The fraction of sp³-hybridized carbons (Fsp3) is 0.214. The zero-order valence-electron chi connectivity index (χ0n) is 11.0. The first-order valence-corrected chi connectivity index (χ1v) is 6.17. The van der Waals surface area contributed by atoms with Gasteiger partial charge in [0.2, 0.25) is 0 Å². The molecular weight excluding hydrogens is 238 g/mol. The fourth-order valence-electron chi connectivity index (χ4n) is 2.10. The average molecular weight is 253 g/mol. The van der Waals surface area contributed by atoms with E-state index in [1.807, 2.05) is 25.4 Å². The third kappa shape index (κ3) is 2.27. The molecule has 0 aliphatic rings. The zero-order valence-corrected chi connectivity index (χ0v) is 11.0. The maximum Gasteiger partial charge on any atom is 0.169 e. The van der Waals surface area contributed by atoms with E-state index in [1.165, 1.54) is 10.9 Å². The van der Waals surface area contributed by atoms with Crippen molar-refractivity contribution in [3.63, 3.8) is 0 Å². The van der Waals surface area contributed by atoms with Crippen LogP contribution >= 0.6 is 0 Å². The van der Waals surface area contributed by atoms with E-state index in [0.29, 0.717) is 6.54 Å². The number of aromatic nitrogens is 4. The molecule has 0 amide bonds. The van der Waals surface area contributed by atoms with Crippen LogP contribution < -0.4 is 5.32 Å². The third-order valence-electron chi connectivity index (χ3n) is 3.06. The Morgan fingerprint density at radius 2 is 1.95 bits per heavy atom. The van der Waals surface area contributed by atoms with Crippen LogP contribution in [0.5, 0.6) is 0 Å². The molecule has 0 aliphatic heterocycles. The molecule has 2 aromatic heterocycles. The Bertz CT molecular complexity index is 717. The molecule has 0 unspecified atom stereocenters. The van der Waals surface area contributed by atoms with Gasteiger partial charge in [-0.25, -0.2) is 9.97 Å². The molecule has 5 heteroatoms. The molecule has 0 bridgehead atoms. The van der Waals surface area contributed by atoms with Crippen molar-refractivity contribution in [2.24, 2.45) is 7.05 Å². The monoisotopic (exact) mass is 253 g/mol. The summed E-state index contributed by atoms with van der Waals surface area (Å²) in [5.74, 6) is 1.63. The van der Waals surface area contributed by atoms with E-state index < -0.39 is 0 Å². The Morgan fingerprint density at radius 3 is 2.68 bits per heavy atom. The number of pyridine rings is 1. The standard InChI is InChI=1S/C14H15N5/c1-10-7-15-14(12-6-4-3-5-11(10)12)16-8-13-17-9-19(2)18-13/h3-7,9H,8H2,1-2H3,(H,15,16).